The van der Waals surface area contributed by atoms with Crippen LogP contribution in [0.1, 0.15) is 82.9 Å². The van der Waals surface area contributed by atoms with Gasteiger partial charge in [0.2, 0.25) is 0 Å². The van der Waals surface area contributed by atoms with Crippen molar-refractivity contribution >= 4 is 29.4 Å². The molecule has 35 heavy (non-hydrogen) atoms. The number of carbonyl (C=O) groups is 2. The van der Waals surface area contributed by atoms with Crippen molar-refractivity contribution in [2.75, 3.05) is 11.9 Å². The number of nitrogens with one attached hydrogen (secondary N) is 1. The number of amides is 2. The van der Waals surface area contributed by atoms with E-state index in [0.29, 0.717) is 12.3 Å². The summed E-state index contributed by atoms with van der Waals surface area (Å²) in [5.41, 5.74) is 4.55. The maximum absolute atomic E-state index is 13.4. The zero-order chi connectivity index (χ0) is 25.6. The maximum atomic E-state index is 13.4. The Balaban J connectivity index is 1.74. The average molecular weight is 497 g/mol. The number of fused-ring (bicyclic) bond motifs is 1. The zero-order valence-corrected chi connectivity index (χ0v) is 22.6. The van der Waals surface area contributed by atoms with Gasteiger partial charge in [0.25, 0.3) is 0 Å². The first-order chi connectivity index (χ1) is 16.7. The van der Waals surface area contributed by atoms with Crippen molar-refractivity contribution in [1.82, 2.24) is 4.90 Å². The second kappa shape index (κ2) is 12.0. The van der Waals surface area contributed by atoms with Gasteiger partial charge in [-0.2, -0.15) is 0 Å². The highest BCUT2D eigenvalue weighted by Gasteiger charge is 2.34. The lowest BCUT2D eigenvalue weighted by molar-refractivity contribution is -0.139. The molecular weight excluding hydrogens is 456 g/mol. The summed E-state index contributed by atoms with van der Waals surface area (Å²) in [7, 11) is 0. The molecule has 0 aromatic heterocycles. The molecule has 1 aliphatic rings. The molecule has 0 saturated carbocycles. The Morgan fingerprint density at radius 1 is 1.09 bits per heavy atom. The van der Waals surface area contributed by atoms with Crippen molar-refractivity contribution in [2.24, 2.45) is 0 Å². The van der Waals surface area contributed by atoms with Gasteiger partial charge in [-0.3, -0.25) is 4.79 Å². The minimum absolute atomic E-state index is 0.0461. The van der Waals surface area contributed by atoms with E-state index in [1.165, 1.54) is 28.5 Å². The fourth-order valence-corrected chi connectivity index (χ4v) is 5.60. The summed E-state index contributed by atoms with van der Waals surface area (Å²) < 4.78 is -0.844. The van der Waals surface area contributed by atoms with E-state index in [9.17, 15) is 14.7 Å². The lowest BCUT2D eigenvalue weighted by Gasteiger charge is -2.29. The Morgan fingerprint density at radius 2 is 1.77 bits per heavy atom. The quantitative estimate of drug-likeness (QED) is 0.252. The molecular formula is C29H40N2O3S. The van der Waals surface area contributed by atoms with Gasteiger partial charge >= 0.3 is 12.0 Å². The van der Waals surface area contributed by atoms with Gasteiger partial charge in [-0.25, -0.2) is 4.79 Å². The summed E-state index contributed by atoms with van der Waals surface area (Å²) in [5, 5.41) is 12.8. The van der Waals surface area contributed by atoms with E-state index in [4.69, 9.17) is 0 Å². The molecule has 2 aromatic rings. The average Bonchev–Trinajstić information content (AvgIpc) is 3.24. The molecule has 0 fully saturated rings. The Labute approximate surface area is 214 Å². The summed E-state index contributed by atoms with van der Waals surface area (Å²) in [6.45, 7) is 10.9. The van der Waals surface area contributed by atoms with E-state index in [1.807, 2.05) is 30.0 Å². The third-order valence-corrected chi connectivity index (χ3v) is 8.50. The third-order valence-electron chi connectivity index (χ3n) is 7.09. The Bertz CT molecular complexity index is 1020. The summed E-state index contributed by atoms with van der Waals surface area (Å²) in [5.74, 6) is -0.334. The largest absolute Gasteiger partial charge is 0.480 e. The zero-order valence-electron chi connectivity index (χ0n) is 21.8. The number of hydrogen-bond donors (Lipinski definition) is 2. The minimum Gasteiger partial charge on any atom is -0.480 e. The molecule has 2 unspecified atom stereocenters. The topological polar surface area (TPSA) is 69.6 Å². The van der Waals surface area contributed by atoms with Crippen LogP contribution in [0.15, 0.2) is 47.4 Å². The fraction of sp³-hybridized carbons (Fsp3) is 0.517. The number of carboxylic acid groups (broad SMARTS) is 1. The fourth-order valence-electron chi connectivity index (χ4n) is 4.51. The Hall–Kier alpha value is -2.47. The van der Waals surface area contributed by atoms with Crippen molar-refractivity contribution in [1.29, 1.82) is 0 Å². The number of carbonyl (C=O) groups excluding carboxylic acids is 1. The molecule has 5 nitrogen and oxygen atoms in total. The molecule has 2 amide bonds. The smallest absolute Gasteiger partial charge is 0.322 e. The summed E-state index contributed by atoms with van der Waals surface area (Å²) in [6.07, 6.45) is 5.37. The molecule has 0 saturated heterocycles. The predicted octanol–water partition coefficient (Wildman–Crippen LogP) is 7.35. The van der Waals surface area contributed by atoms with E-state index in [0.717, 1.165) is 49.2 Å². The van der Waals surface area contributed by atoms with Crippen LogP contribution in [-0.2, 0) is 17.6 Å². The standard InChI is InChI=1S/C29H40N2O3S/c1-6-8-9-16-31(28(34)30-24-13-10-21(11-14-24)20(3)4)25-17-22-12-15-26(19-23(22)18-25)35-29(5,7-2)27(32)33/h10-15,19-20,25H,6-9,16-18H2,1-5H3,(H,30,34)(H,32,33). The molecule has 0 heterocycles. The van der Waals surface area contributed by atoms with Crippen LogP contribution in [0.3, 0.4) is 0 Å². The van der Waals surface area contributed by atoms with E-state index in [-0.39, 0.29) is 12.1 Å². The number of thioether (sulfide) groups is 1. The van der Waals surface area contributed by atoms with Gasteiger partial charge in [-0.1, -0.05) is 58.7 Å². The summed E-state index contributed by atoms with van der Waals surface area (Å²) >= 11 is 1.41. The number of carboxylic acids is 1. The molecule has 0 radical (unpaired) electrons. The van der Waals surface area contributed by atoms with Crippen molar-refractivity contribution in [3.05, 3.63) is 59.2 Å². The molecule has 6 heteroatoms. The van der Waals surface area contributed by atoms with Crippen molar-refractivity contribution in [2.45, 2.75) is 94.7 Å². The molecule has 2 aromatic carbocycles. The van der Waals surface area contributed by atoms with Crippen LogP contribution < -0.4 is 5.32 Å². The number of aliphatic carboxylic acids is 1. The first-order valence-corrected chi connectivity index (χ1v) is 13.7. The van der Waals surface area contributed by atoms with Crippen LogP contribution in [-0.4, -0.2) is 39.3 Å². The Morgan fingerprint density at radius 3 is 2.37 bits per heavy atom. The van der Waals surface area contributed by atoms with Gasteiger partial charge in [0.05, 0.1) is 0 Å². The molecule has 3 rings (SSSR count). The number of urea groups is 1. The molecule has 1 aliphatic carbocycles. The van der Waals surface area contributed by atoms with E-state index < -0.39 is 10.7 Å². The molecule has 0 spiro atoms. The second-order valence-corrected chi connectivity index (χ2v) is 11.7. The molecule has 2 atom stereocenters. The van der Waals surface area contributed by atoms with E-state index >= 15 is 0 Å². The van der Waals surface area contributed by atoms with Gasteiger partial charge in [0.15, 0.2) is 0 Å². The van der Waals surface area contributed by atoms with Gasteiger partial charge < -0.3 is 15.3 Å². The number of rotatable bonds is 11. The SMILES string of the molecule is CCCCCN(C(=O)Nc1ccc(C(C)C)cc1)C1Cc2ccc(SC(C)(CC)C(=O)O)cc2C1. The van der Waals surface area contributed by atoms with E-state index in [1.54, 1.807) is 6.92 Å². The van der Waals surface area contributed by atoms with Gasteiger partial charge in [-0.15, -0.1) is 11.8 Å². The molecule has 0 bridgehead atoms. The van der Waals surface area contributed by atoms with E-state index in [2.05, 4.69) is 50.4 Å². The van der Waals surface area contributed by atoms with Gasteiger partial charge in [0, 0.05) is 23.2 Å². The minimum atomic E-state index is -0.844. The van der Waals surface area contributed by atoms with Crippen LogP contribution in [0.5, 0.6) is 0 Å². The molecule has 0 aliphatic heterocycles. The van der Waals surface area contributed by atoms with Gasteiger partial charge in [0.1, 0.15) is 4.75 Å². The molecule has 2 N–H and O–H groups in total. The van der Waals surface area contributed by atoms with Crippen LogP contribution in [0.2, 0.25) is 0 Å². The number of benzene rings is 2. The first-order valence-electron chi connectivity index (χ1n) is 12.9. The first kappa shape index (κ1) is 27.1. The van der Waals surface area contributed by atoms with Crippen molar-refractivity contribution in [3.8, 4) is 0 Å². The number of hydrogen-bond acceptors (Lipinski definition) is 3. The highest BCUT2D eigenvalue weighted by Crippen LogP contribution is 2.38. The van der Waals surface area contributed by atoms with Crippen LogP contribution in [0, 0.1) is 0 Å². The molecule has 190 valence electrons. The lowest BCUT2D eigenvalue weighted by atomic mass is 10.0. The highest BCUT2D eigenvalue weighted by molar-refractivity contribution is 8.01. The monoisotopic (exact) mass is 496 g/mol. The van der Waals surface area contributed by atoms with Crippen LogP contribution in [0.25, 0.3) is 0 Å². The highest BCUT2D eigenvalue weighted by atomic mass is 32.2. The van der Waals surface area contributed by atoms with Gasteiger partial charge in [-0.05, 0) is 79.5 Å². The number of anilines is 1. The Kier molecular flexibility index (Phi) is 9.28. The number of unbranched alkanes of at least 4 members (excludes halogenated alkanes) is 2. The lowest BCUT2D eigenvalue weighted by Crippen LogP contribution is -2.44. The normalized spacial score (nSPS) is 16.6. The second-order valence-electron chi connectivity index (χ2n) is 10.1. The maximum Gasteiger partial charge on any atom is 0.322 e. The summed E-state index contributed by atoms with van der Waals surface area (Å²) in [6, 6.07) is 14.5. The third kappa shape index (κ3) is 6.81. The number of nitrogens with zero attached hydrogens (tertiary/aromatic N) is 1. The predicted molar refractivity (Wildman–Crippen MR) is 146 cm³/mol. The van der Waals surface area contributed by atoms with Crippen molar-refractivity contribution in [3.63, 3.8) is 0 Å². The van der Waals surface area contributed by atoms with Crippen molar-refractivity contribution < 1.29 is 14.7 Å². The van der Waals surface area contributed by atoms with Crippen LogP contribution >= 0.6 is 11.8 Å². The summed E-state index contributed by atoms with van der Waals surface area (Å²) in [4.78, 5) is 28.1. The van der Waals surface area contributed by atoms with Crippen LogP contribution in [0.4, 0.5) is 10.5 Å².